The Bertz CT molecular complexity index is 744. The second-order valence-electron chi connectivity index (χ2n) is 8.86. The van der Waals surface area contributed by atoms with E-state index in [1.165, 1.54) is 24.8 Å². The van der Waals surface area contributed by atoms with Gasteiger partial charge < -0.3 is 20.4 Å². The maximum Gasteiger partial charge on any atom is 0.243 e. The molecule has 1 aliphatic carbocycles. The van der Waals surface area contributed by atoms with Gasteiger partial charge >= 0.3 is 0 Å². The molecule has 1 unspecified atom stereocenters. The van der Waals surface area contributed by atoms with Crippen LogP contribution in [0.4, 0.5) is 0 Å². The summed E-state index contributed by atoms with van der Waals surface area (Å²) in [5.74, 6) is 1.14. The molecule has 1 heterocycles. The van der Waals surface area contributed by atoms with Crippen LogP contribution in [0.15, 0.2) is 35.3 Å². The number of hydrogen-bond acceptors (Lipinski definition) is 3. The number of rotatable bonds is 7. The van der Waals surface area contributed by atoms with Gasteiger partial charge in [-0.15, -0.1) is 0 Å². The molecule has 1 aromatic carbocycles. The minimum atomic E-state index is -0.0373. The second-order valence-corrected chi connectivity index (χ2v) is 8.86. The third-order valence-electron chi connectivity index (χ3n) is 6.22. The van der Waals surface area contributed by atoms with Gasteiger partial charge in [-0.1, -0.05) is 49.6 Å². The molecule has 2 fully saturated rings. The maximum atomic E-state index is 12.9. The van der Waals surface area contributed by atoms with E-state index in [0.717, 1.165) is 38.8 Å². The molecule has 1 aliphatic heterocycles. The molecular formula is C24H37N5O2. The van der Waals surface area contributed by atoms with Gasteiger partial charge in [-0.2, -0.15) is 0 Å². The minimum Gasteiger partial charge on any atom is -0.356 e. The molecule has 1 aromatic rings. The van der Waals surface area contributed by atoms with Gasteiger partial charge in [0, 0.05) is 45.7 Å². The van der Waals surface area contributed by atoms with Gasteiger partial charge in [0.05, 0.1) is 0 Å². The fourth-order valence-electron chi connectivity index (χ4n) is 4.29. The fraction of sp³-hybridized carbons (Fsp3) is 0.625. The smallest absolute Gasteiger partial charge is 0.243 e. The van der Waals surface area contributed by atoms with Crippen molar-refractivity contribution in [1.82, 2.24) is 20.4 Å². The Labute approximate surface area is 186 Å². The molecule has 0 radical (unpaired) electrons. The Morgan fingerprint density at radius 1 is 1.10 bits per heavy atom. The Morgan fingerprint density at radius 3 is 2.55 bits per heavy atom. The zero-order chi connectivity index (χ0) is 22.1. The lowest BCUT2D eigenvalue weighted by Crippen LogP contribution is -2.46. The highest BCUT2D eigenvalue weighted by Gasteiger charge is 2.31. The van der Waals surface area contributed by atoms with E-state index in [2.05, 4.69) is 27.8 Å². The number of nitrogens with zero attached hydrogens (tertiary/aromatic N) is 3. The van der Waals surface area contributed by atoms with Crippen LogP contribution in [0.25, 0.3) is 0 Å². The van der Waals surface area contributed by atoms with Crippen LogP contribution in [-0.4, -0.2) is 73.9 Å². The van der Waals surface area contributed by atoms with Crippen LogP contribution >= 0.6 is 0 Å². The number of benzene rings is 1. The van der Waals surface area contributed by atoms with Crippen LogP contribution in [0.5, 0.6) is 0 Å². The molecule has 1 saturated carbocycles. The van der Waals surface area contributed by atoms with Gasteiger partial charge in [0.25, 0.3) is 0 Å². The van der Waals surface area contributed by atoms with Crippen molar-refractivity contribution < 1.29 is 9.59 Å². The average molecular weight is 428 g/mol. The monoisotopic (exact) mass is 427 g/mol. The number of nitrogens with one attached hydrogen (secondary N) is 2. The molecule has 170 valence electrons. The summed E-state index contributed by atoms with van der Waals surface area (Å²) < 4.78 is 0. The third-order valence-corrected chi connectivity index (χ3v) is 6.22. The summed E-state index contributed by atoms with van der Waals surface area (Å²) in [5, 5.41) is 6.82. The SMILES string of the molecule is CN(C)C(=O)CN=C(NCCc1ccccc1)NC1CCN(C(=O)C2CCCCC2)C1. The van der Waals surface area contributed by atoms with E-state index < -0.39 is 0 Å². The average Bonchev–Trinajstić information content (AvgIpc) is 3.26. The Hall–Kier alpha value is -2.57. The Balaban J connectivity index is 1.53. The normalized spacial score (nSPS) is 19.9. The molecule has 2 amide bonds. The lowest BCUT2D eigenvalue weighted by molar-refractivity contribution is -0.135. The third kappa shape index (κ3) is 7.26. The number of likely N-dealkylation sites (N-methyl/N-ethyl adjacent to an activating group) is 1. The van der Waals surface area contributed by atoms with E-state index in [4.69, 9.17) is 0 Å². The van der Waals surface area contributed by atoms with E-state index in [9.17, 15) is 9.59 Å². The summed E-state index contributed by atoms with van der Waals surface area (Å²) >= 11 is 0. The number of carbonyl (C=O) groups is 2. The summed E-state index contributed by atoms with van der Waals surface area (Å²) in [6.07, 6.45) is 7.46. The molecule has 7 nitrogen and oxygen atoms in total. The van der Waals surface area contributed by atoms with Crippen molar-refractivity contribution in [2.45, 2.75) is 51.0 Å². The molecule has 3 rings (SSSR count). The first kappa shape index (κ1) is 23.1. The first-order valence-electron chi connectivity index (χ1n) is 11.6. The fourth-order valence-corrected chi connectivity index (χ4v) is 4.29. The molecule has 7 heteroatoms. The number of aliphatic imine (C=N–C) groups is 1. The molecule has 1 saturated heterocycles. The van der Waals surface area contributed by atoms with Crippen LogP contribution < -0.4 is 10.6 Å². The Kier molecular flexibility index (Phi) is 8.74. The molecule has 0 spiro atoms. The largest absolute Gasteiger partial charge is 0.356 e. The molecule has 0 bridgehead atoms. The standard InChI is InChI=1S/C24H37N5O2/c1-28(2)22(30)17-26-24(25-15-13-19-9-5-3-6-10-19)27-21-14-16-29(18-21)23(31)20-11-7-4-8-12-20/h3,5-6,9-10,20-21H,4,7-8,11-18H2,1-2H3,(H2,25,26,27). The number of carbonyl (C=O) groups excluding carboxylic acids is 2. The van der Waals surface area contributed by atoms with Gasteiger partial charge in [0.2, 0.25) is 11.8 Å². The maximum absolute atomic E-state index is 12.9. The van der Waals surface area contributed by atoms with Crippen LogP contribution in [0.3, 0.4) is 0 Å². The summed E-state index contributed by atoms with van der Waals surface area (Å²) in [5.41, 5.74) is 1.25. The first-order valence-corrected chi connectivity index (χ1v) is 11.6. The molecule has 2 N–H and O–H groups in total. The van der Waals surface area contributed by atoms with Gasteiger partial charge in [0.15, 0.2) is 5.96 Å². The first-order chi connectivity index (χ1) is 15.0. The number of hydrogen-bond donors (Lipinski definition) is 2. The number of guanidine groups is 1. The zero-order valence-corrected chi connectivity index (χ0v) is 19.0. The summed E-state index contributed by atoms with van der Waals surface area (Å²) in [6, 6.07) is 10.5. The molecule has 2 aliphatic rings. The zero-order valence-electron chi connectivity index (χ0n) is 19.0. The van der Waals surface area contributed by atoms with Crippen LogP contribution in [0, 0.1) is 5.92 Å². The highest BCUT2D eigenvalue weighted by atomic mass is 16.2. The molecular weight excluding hydrogens is 390 g/mol. The minimum absolute atomic E-state index is 0.0373. The van der Waals surface area contributed by atoms with Gasteiger partial charge in [-0.25, -0.2) is 4.99 Å². The highest BCUT2D eigenvalue weighted by molar-refractivity contribution is 5.85. The predicted molar refractivity (Wildman–Crippen MR) is 124 cm³/mol. The molecule has 31 heavy (non-hydrogen) atoms. The van der Waals surface area contributed by atoms with Crippen LogP contribution in [0.2, 0.25) is 0 Å². The van der Waals surface area contributed by atoms with E-state index in [1.54, 1.807) is 19.0 Å². The van der Waals surface area contributed by atoms with Crippen LogP contribution in [0.1, 0.15) is 44.1 Å². The quantitative estimate of drug-likeness (QED) is 0.516. The van der Waals surface area contributed by atoms with Crippen molar-refractivity contribution in [1.29, 1.82) is 0 Å². The number of likely N-dealkylation sites (tertiary alicyclic amines) is 1. The van der Waals surface area contributed by atoms with E-state index in [0.29, 0.717) is 18.4 Å². The summed E-state index contributed by atoms with van der Waals surface area (Å²) in [6.45, 7) is 2.33. The van der Waals surface area contributed by atoms with Gasteiger partial charge in [0.1, 0.15) is 6.54 Å². The summed E-state index contributed by atoms with van der Waals surface area (Å²) in [4.78, 5) is 32.9. The van der Waals surface area contributed by atoms with Gasteiger partial charge in [-0.3, -0.25) is 9.59 Å². The van der Waals surface area contributed by atoms with Gasteiger partial charge in [-0.05, 0) is 31.2 Å². The molecule has 0 aromatic heterocycles. The van der Waals surface area contributed by atoms with Crippen LogP contribution in [-0.2, 0) is 16.0 Å². The van der Waals surface area contributed by atoms with Crippen molar-refractivity contribution in [3.63, 3.8) is 0 Å². The predicted octanol–water partition coefficient (Wildman–Crippen LogP) is 2.03. The summed E-state index contributed by atoms with van der Waals surface area (Å²) in [7, 11) is 3.47. The van der Waals surface area contributed by atoms with Crippen molar-refractivity contribution in [2.24, 2.45) is 10.9 Å². The van der Waals surface area contributed by atoms with E-state index in [1.807, 2.05) is 23.1 Å². The topological polar surface area (TPSA) is 77.0 Å². The van der Waals surface area contributed by atoms with Crippen molar-refractivity contribution in [3.05, 3.63) is 35.9 Å². The lowest BCUT2D eigenvalue weighted by Gasteiger charge is -2.26. The van der Waals surface area contributed by atoms with Crippen molar-refractivity contribution >= 4 is 17.8 Å². The second kappa shape index (κ2) is 11.7. The van der Waals surface area contributed by atoms with E-state index in [-0.39, 0.29) is 24.4 Å². The lowest BCUT2D eigenvalue weighted by atomic mass is 9.88. The molecule has 1 atom stereocenters. The van der Waals surface area contributed by atoms with Crippen molar-refractivity contribution in [3.8, 4) is 0 Å². The van der Waals surface area contributed by atoms with E-state index >= 15 is 0 Å². The highest BCUT2D eigenvalue weighted by Crippen LogP contribution is 2.26. The van der Waals surface area contributed by atoms with Crippen molar-refractivity contribution in [2.75, 3.05) is 40.3 Å². The number of amides is 2. The Morgan fingerprint density at radius 2 is 1.84 bits per heavy atom.